The third-order valence-electron chi connectivity index (χ3n) is 4.23. The van der Waals surface area contributed by atoms with Crippen molar-refractivity contribution in [1.82, 2.24) is 9.71 Å². The number of pyridine rings is 1. The van der Waals surface area contributed by atoms with Gasteiger partial charge in [0.2, 0.25) is 10.9 Å². The minimum atomic E-state index is -2.64. The number of rotatable bonds is 4. The second-order valence-electron chi connectivity index (χ2n) is 5.79. The second-order valence-corrected chi connectivity index (χ2v) is 7.54. The highest BCUT2D eigenvalue weighted by Crippen LogP contribution is 2.39. The number of benzene rings is 2. The standard InChI is InChI=1S/C18H14N2O4S2/c21-14-6-5-13-16(12-7-8-25-17(12)18(22)20-13)15(14)11-3-1-10(2-4-11)9-19-26(23)24/h1-8,21,26H,9H2,(H,20,22)(H,19,23,24). The summed E-state index contributed by atoms with van der Waals surface area (Å²) < 4.78 is 24.3. The molecule has 3 N–H and O–H groups in total. The average molecular weight is 386 g/mol. The minimum Gasteiger partial charge on any atom is -0.507 e. The first-order valence-corrected chi connectivity index (χ1v) is 9.82. The molecule has 4 rings (SSSR count). The quantitative estimate of drug-likeness (QED) is 0.405. The number of phenols is 1. The van der Waals surface area contributed by atoms with Gasteiger partial charge in [-0.3, -0.25) is 4.79 Å². The van der Waals surface area contributed by atoms with E-state index in [9.17, 15) is 18.3 Å². The van der Waals surface area contributed by atoms with Crippen LogP contribution in [0.1, 0.15) is 5.56 Å². The summed E-state index contributed by atoms with van der Waals surface area (Å²) >= 11 is 1.36. The van der Waals surface area contributed by atoms with Crippen molar-refractivity contribution < 1.29 is 13.5 Å². The third kappa shape index (κ3) is 2.88. The van der Waals surface area contributed by atoms with Crippen molar-refractivity contribution in [2.75, 3.05) is 0 Å². The van der Waals surface area contributed by atoms with Crippen LogP contribution in [0.4, 0.5) is 0 Å². The number of hydrogen-bond donors (Lipinski definition) is 4. The summed E-state index contributed by atoms with van der Waals surface area (Å²) in [6.45, 7) is 0.211. The van der Waals surface area contributed by atoms with Crippen molar-refractivity contribution in [2.45, 2.75) is 6.54 Å². The molecule has 0 saturated carbocycles. The van der Waals surface area contributed by atoms with Crippen molar-refractivity contribution in [3.8, 4) is 16.9 Å². The average Bonchev–Trinajstić information content (AvgIpc) is 3.12. The van der Waals surface area contributed by atoms with Gasteiger partial charge in [0.15, 0.2) is 0 Å². The van der Waals surface area contributed by atoms with Gasteiger partial charge in [0, 0.05) is 28.4 Å². The SMILES string of the molecule is O=c1[nH]c2ccc(O)c(-c3ccc(CN[SH](=O)=O)cc3)c2c2ccsc12. The van der Waals surface area contributed by atoms with E-state index in [2.05, 4.69) is 9.71 Å². The number of hydrogen-bond acceptors (Lipinski definition) is 5. The number of aromatic amines is 1. The Bertz CT molecular complexity index is 1250. The summed E-state index contributed by atoms with van der Waals surface area (Å²) in [6.07, 6.45) is 0. The van der Waals surface area contributed by atoms with Crippen LogP contribution in [-0.4, -0.2) is 18.5 Å². The van der Waals surface area contributed by atoms with Crippen molar-refractivity contribution in [1.29, 1.82) is 0 Å². The molecule has 0 atom stereocenters. The first-order chi connectivity index (χ1) is 12.5. The fraction of sp³-hybridized carbons (Fsp3) is 0.0556. The summed E-state index contributed by atoms with van der Waals surface area (Å²) in [6, 6.07) is 12.4. The maximum absolute atomic E-state index is 12.2. The van der Waals surface area contributed by atoms with E-state index in [0.29, 0.717) is 15.8 Å². The lowest BCUT2D eigenvalue weighted by molar-refractivity contribution is 0.478. The second kappa shape index (κ2) is 6.56. The maximum Gasteiger partial charge on any atom is 0.266 e. The summed E-state index contributed by atoms with van der Waals surface area (Å²) in [7, 11) is -2.64. The molecule has 0 bridgehead atoms. The van der Waals surface area contributed by atoms with Crippen LogP contribution >= 0.6 is 11.3 Å². The van der Waals surface area contributed by atoms with Crippen LogP contribution in [0.25, 0.3) is 32.1 Å². The van der Waals surface area contributed by atoms with E-state index < -0.39 is 10.9 Å². The van der Waals surface area contributed by atoms with Crippen molar-refractivity contribution in [3.05, 3.63) is 63.8 Å². The highest BCUT2D eigenvalue weighted by atomic mass is 32.2. The van der Waals surface area contributed by atoms with Gasteiger partial charge in [-0.2, -0.15) is 0 Å². The van der Waals surface area contributed by atoms with Crippen LogP contribution < -0.4 is 10.3 Å². The van der Waals surface area contributed by atoms with Gasteiger partial charge in [0.1, 0.15) is 10.4 Å². The van der Waals surface area contributed by atoms with Gasteiger partial charge in [-0.15, -0.1) is 11.3 Å². The zero-order valence-corrected chi connectivity index (χ0v) is 15.1. The molecule has 8 heteroatoms. The molecule has 0 unspecified atom stereocenters. The van der Waals surface area contributed by atoms with Crippen LogP contribution in [0, 0.1) is 0 Å². The molecule has 0 amide bonds. The third-order valence-corrected chi connectivity index (χ3v) is 5.56. The van der Waals surface area contributed by atoms with E-state index in [1.165, 1.54) is 11.3 Å². The highest BCUT2D eigenvalue weighted by Gasteiger charge is 2.15. The first-order valence-electron chi connectivity index (χ1n) is 7.77. The topological polar surface area (TPSA) is 99.3 Å². The van der Waals surface area contributed by atoms with Crippen molar-refractivity contribution in [3.63, 3.8) is 0 Å². The normalized spacial score (nSPS) is 11.6. The highest BCUT2D eigenvalue weighted by molar-refractivity contribution is 7.70. The Morgan fingerprint density at radius 3 is 2.58 bits per heavy atom. The maximum atomic E-state index is 12.2. The molecular weight excluding hydrogens is 372 g/mol. The lowest BCUT2D eigenvalue weighted by Gasteiger charge is -2.11. The van der Waals surface area contributed by atoms with Crippen LogP contribution in [0.3, 0.4) is 0 Å². The first kappa shape index (κ1) is 16.8. The van der Waals surface area contributed by atoms with E-state index in [-0.39, 0.29) is 17.9 Å². The Morgan fingerprint density at radius 1 is 1.08 bits per heavy atom. The van der Waals surface area contributed by atoms with Crippen LogP contribution in [0.5, 0.6) is 5.75 Å². The summed E-state index contributed by atoms with van der Waals surface area (Å²) in [5.41, 5.74) is 2.73. The molecule has 0 aliphatic carbocycles. The lowest BCUT2D eigenvalue weighted by Crippen LogP contribution is -2.09. The summed E-state index contributed by atoms with van der Waals surface area (Å²) in [4.78, 5) is 15.1. The number of H-pyrrole nitrogens is 1. The summed E-state index contributed by atoms with van der Waals surface area (Å²) in [5.74, 6) is 0.116. The van der Waals surface area contributed by atoms with Crippen LogP contribution in [0.2, 0.25) is 0 Å². The van der Waals surface area contributed by atoms with Crippen molar-refractivity contribution >= 4 is 43.2 Å². The monoisotopic (exact) mass is 386 g/mol. The molecule has 0 radical (unpaired) electrons. The van der Waals surface area contributed by atoms with Gasteiger partial charge in [-0.05, 0) is 34.7 Å². The van der Waals surface area contributed by atoms with E-state index in [1.54, 1.807) is 24.3 Å². The zero-order chi connectivity index (χ0) is 18.3. The van der Waals surface area contributed by atoms with Gasteiger partial charge in [-0.25, -0.2) is 13.1 Å². The predicted octanol–water partition coefficient (Wildman–Crippen LogP) is 2.73. The Labute approximate surface area is 153 Å². The molecule has 0 aliphatic rings. The number of phenolic OH excluding ortho intramolecular Hbond substituents is 1. The number of aromatic nitrogens is 1. The molecule has 6 nitrogen and oxygen atoms in total. The Kier molecular flexibility index (Phi) is 4.23. The van der Waals surface area contributed by atoms with Gasteiger partial charge >= 0.3 is 0 Å². The van der Waals surface area contributed by atoms with Crippen LogP contribution in [0.15, 0.2) is 52.6 Å². The minimum absolute atomic E-state index is 0.116. The molecule has 0 saturated heterocycles. The van der Waals surface area contributed by atoms with Gasteiger partial charge < -0.3 is 10.1 Å². The Hall–Kier alpha value is -2.68. The van der Waals surface area contributed by atoms with Gasteiger partial charge in [0.25, 0.3) is 5.56 Å². The van der Waals surface area contributed by atoms with Gasteiger partial charge in [0.05, 0.1) is 0 Å². The molecule has 4 aromatic rings. The molecule has 2 aromatic carbocycles. The Morgan fingerprint density at radius 2 is 1.85 bits per heavy atom. The molecule has 0 fully saturated rings. The van der Waals surface area contributed by atoms with Crippen LogP contribution in [-0.2, 0) is 17.4 Å². The largest absolute Gasteiger partial charge is 0.507 e. The molecule has 0 aliphatic heterocycles. The molecule has 2 heterocycles. The number of thiol groups is 1. The van der Waals surface area contributed by atoms with Gasteiger partial charge in [-0.1, -0.05) is 24.3 Å². The fourth-order valence-corrected chi connectivity index (χ4v) is 4.18. The number of thiophene rings is 1. The van der Waals surface area contributed by atoms with E-state index >= 15 is 0 Å². The lowest BCUT2D eigenvalue weighted by atomic mass is 9.96. The molecule has 2 aromatic heterocycles. The van der Waals surface area contributed by atoms with Crippen molar-refractivity contribution in [2.24, 2.45) is 0 Å². The zero-order valence-electron chi connectivity index (χ0n) is 13.4. The smallest absolute Gasteiger partial charge is 0.266 e. The molecule has 0 spiro atoms. The number of fused-ring (bicyclic) bond motifs is 3. The molecule has 132 valence electrons. The van der Waals surface area contributed by atoms with E-state index in [0.717, 1.165) is 21.9 Å². The fourth-order valence-electron chi connectivity index (χ4n) is 3.07. The number of aromatic hydroxyl groups is 1. The van der Waals surface area contributed by atoms with E-state index in [1.807, 2.05) is 23.6 Å². The summed E-state index contributed by atoms with van der Waals surface area (Å²) in [5, 5.41) is 13.9. The van der Waals surface area contributed by atoms with E-state index in [4.69, 9.17) is 0 Å². The number of nitrogens with one attached hydrogen (secondary N) is 2. The predicted molar refractivity (Wildman–Crippen MR) is 104 cm³/mol. The Balaban J connectivity index is 1.92. The molecular formula is C18H14N2O4S2. The molecule has 26 heavy (non-hydrogen) atoms.